The van der Waals surface area contributed by atoms with Crippen molar-refractivity contribution in [3.63, 3.8) is 0 Å². The first-order valence-corrected chi connectivity index (χ1v) is 10.1. The number of aromatic nitrogens is 4. The second-order valence-electron chi connectivity index (χ2n) is 6.56. The van der Waals surface area contributed by atoms with Crippen LogP contribution < -0.4 is 5.32 Å². The molecule has 1 amide bonds. The van der Waals surface area contributed by atoms with Crippen LogP contribution in [-0.4, -0.2) is 32.4 Å². The van der Waals surface area contributed by atoms with Crippen molar-refractivity contribution >= 4 is 28.3 Å². The second-order valence-corrected chi connectivity index (χ2v) is 7.63. The van der Waals surface area contributed by atoms with Crippen LogP contribution in [0.1, 0.15) is 27.9 Å². The lowest BCUT2D eigenvalue weighted by molar-refractivity contribution is 0.0954. The number of hydrogen-bond donors (Lipinski definition) is 1. The van der Waals surface area contributed by atoms with Crippen LogP contribution in [0.25, 0.3) is 22.3 Å². The summed E-state index contributed by atoms with van der Waals surface area (Å²) in [6, 6.07) is 13.8. The summed E-state index contributed by atoms with van der Waals surface area (Å²) in [7, 11) is 0. The molecule has 0 aliphatic carbocycles. The topological polar surface area (TPSA) is 72.7 Å². The Hall–Kier alpha value is -3.06. The van der Waals surface area contributed by atoms with E-state index in [4.69, 9.17) is 0 Å². The van der Waals surface area contributed by atoms with Crippen molar-refractivity contribution in [1.29, 1.82) is 0 Å². The van der Waals surface area contributed by atoms with Crippen molar-refractivity contribution in [3.8, 4) is 11.3 Å². The Morgan fingerprint density at radius 2 is 2.00 bits per heavy atom. The number of nitrogens with zero attached hydrogens (tertiary/aromatic N) is 4. The summed E-state index contributed by atoms with van der Waals surface area (Å²) >= 11 is 1.65. The van der Waals surface area contributed by atoms with Crippen molar-refractivity contribution in [3.05, 3.63) is 64.0 Å². The van der Waals surface area contributed by atoms with Gasteiger partial charge in [0.1, 0.15) is 5.52 Å². The van der Waals surface area contributed by atoms with E-state index in [1.54, 1.807) is 17.4 Å². The minimum Gasteiger partial charge on any atom is -0.352 e. The first kappa shape index (κ1) is 18.3. The van der Waals surface area contributed by atoms with Crippen molar-refractivity contribution < 1.29 is 4.79 Å². The van der Waals surface area contributed by atoms with Crippen LogP contribution in [0.5, 0.6) is 0 Å². The van der Waals surface area contributed by atoms with Gasteiger partial charge in [-0.15, -0.1) is 16.4 Å². The van der Waals surface area contributed by atoms with E-state index in [2.05, 4.69) is 50.3 Å². The molecule has 142 valence electrons. The third-order valence-electron chi connectivity index (χ3n) is 4.64. The van der Waals surface area contributed by atoms with E-state index in [0.717, 1.165) is 40.3 Å². The number of nitrogens with one attached hydrogen (secondary N) is 1. The maximum absolute atomic E-state index is 12.4. The molecule has 4 aromatic rings. The molecule has 0 saturated carbocycles. The summed E-state index contributed by atoms with van der Waals surface area (Å²) in [6.07, 6.45) is 0.774. The fraction of sp³-hybridized carbons (Fsp3) is 0.238. The number of thiazole rings is 1. The molecule has 0 aliphatic heterocycles. The number of aryl methyl sites for hydroxylation is 2. The molecule has 0 aliphatic rings. The van der Waals surface area contributed by atoms with E-state index in [1.807, 2.05) is 30.7 Å². The Kier molecular flexibility index (Phi) is 5.16. The molecule has 2 aromatic heterocycles. The number of rotatable bonds is 6. The number of fused-ring (bicyclic) bond motifs is 1. The van der Waals surface area contributed by atoms with Crippen LogP contribution in [0.4, 0.5) is 0 Å². The Morgan fingerprint density at radius 1 is 1.18 bits per heavy atom. The van der Waals surface area contributed by atoms with E-state index in [0.29, 0.717) is 12.1 Å². The molecular formula is C21H21N5OS. The third kappa shape index (κ3) is 3.80. The Bertz CT molecular complexity index is 1110. The second kappa shape index (κ2) is 7.90. The number of carbonyl (C=O) groups is 1. The van der Waals surface area contributed by atoms with Gasteiger partial charge in [0.25, 0.3) is 5.91 Å². The summed E-state index contributed by atoms with van der Waals surface area (Å²) in [4.78, 5) is 16.9. The standard InChI is InChI=1S/C21H21N5OS/c1-3-26-20-9-8-17(12-18(20)24-25-26)21(27)22-11-10-15-4-6-16(7-5-15)19-13-28-14(2)23-19/h4-9,12-13H,3,10-11H2,1-2H3,(H,22,27). The summed E-state index contributed by atoms with van der Waals surface area (Å²) in [6.45, 7) is 5.35. The molecule has 0 bridgehead atoms. The predicted molar refractivity (Wildman–Crippen MR) is 112 cm³/mol. The van der Waals surface area contributed by atoms with Crippen LogP contribution in [0.2, 0.25) is 0 Å². The van der Waals surface area contributed by atoms with Gasteiger partial charge in [-0.2, -0.15) is 0 Å². The summed E-state index contributed by atoms with van der Waals surface area (Å²) in [5.74, 6) is -0.0949. The highest BCUT2D eigenvalue weighted by molar-refractivity contribution is 7.09. The number of hydrogen-bond acceptors (Lipinski definition) is 5. The molecular weight excluding hydrogens is 370 g/mol. The number of carbonyl (C=O) groups excluding carboxylic acids is 1. The van der Waals surface area contributed by atoms with Gasteiger partial charge in [-0.05, 0) is 44.0 Å². The molecule has 0 fully saturated rings. The van der Waals surface area contributed by atoms with Gasteiger partial charge in [-0.1, -0.05) is 29.5 Å². The van der Waals surface area contributed by atoms with Gasteiger partial charge in [-0.25, -0.2) is 9.67 Å². The molecule has 2 aromatic carbocycles. The monoisotopic (exact) mass is 391 g/mol. The first-order valence-electron chi connectivity index (χ1n) is 9.27. The lowest BCUT2D eigenvalue weighted by Crippen LogP contribution is -2.25. The highest BCUT2D eigenvalue weighted by Gasteiger charge is 2.09. The van der Waals surface area contributed by atoms with Gasteiger partial charge >= 0.3 is 0 Å². The lowest BCUT2D eigenvalue weighted by Gasteiger charge is -2.06. The molecule has 2 heterocycles. The summed E-state index contributed by atoms with van der Waals surface area (Å²) < 4.78 is 1.81. The fourth-order valence-electron chi connectivity index (χ4n) is 3.11. The van der Waals surface area contributed by atoms with Crippen molar-refractivity contribution in [2.45, 2.75) is 26.8 Å². The van der Waals surface area contributed by atoms with Crippen molar-refractivity contribution in [2.75, 3.05) is 6.54 Å². The average Bonchev–Trinajstić information content (AvgIpc) is 3.33. The maximum atomic E-state index is 12.4. The smallest absolute Gasteiger partial charge is 0.251 e. The van der Waals surface area contributed by atoms with Crippen LogP contribution in [0.15, 0.2) is 47.8 Å². The van der Waals surface area contributed by atoms with Gasteiger partial charge in [0, 0.05) is 29.6 Å². The SMILES string of the molecule is CCn1nnc2cc(C(=O)NCCc3ccc(-c4csc(C)n4)cc3)ccc21. The van der Waals surface area contributed by atoms with Crippen LogP contribution in [-0.2, 0) is 13.0 Å². The lowest BCUT2D eigenvalue weighted by atomic mass is 10.1. The van der Waals surface area contributed by atoms with E-state index in [1.165, 1.54) is 5.56 Å². The average molecular weight is 392 g/mol. The zero-order valence-corrected chi connectivity index (χ0v) is 16.7. The van der Waals surface area contributed by atoms with Crippen LogP contribution in [0.3, 0.4) is 0 Å². The van der Waals surface area contributed by atoms with E-state index >= 15 is 0 Å². The zero-order valence-electron chi connectivity index (χ0n) is 15.8. The van der Waals surface area contributed by atoms with Gasteiger partial charge in [0.15, 0.2) is 0 Å². The number of amides is 1. The van der Waals surface area contributed by atoms with Crippen molar-refractivity contribution in [1.82, 2.24) is 25.3 Å². The Morgan fingerprint density at radius 3 is 2.71 bits per heavy atom. The van der Waals surface area contributed by atoms with Crippen molar-refractivity contribution in [2.24, 2.45) is 0 Å². The summed E-state index contributed by atoms with van der Waals surface area (Å²) in [5.41, 5.74) is 5.59. The quantitative estimate of drug-likeness (QED) is 0.542. The van der Waals surface area contributed by atoms with E-state index in [9.17, 15) is 4.79 Å². The highest BCUT2D eigenvalue weighted by Crippen LogP contribution is 2.22. The molecule has 1 N–H and O–H groups in total. The minimum atomic E-state index is -0.0949. The minimum absolute atomic E-state index is 0.0949. The first-order chi connectivity index (χ1) is 13.6. The molecule has 6 nitrogen and oxygen atoms in total. The molecule has 0 unspecified atom stereocenters. The van der Waals surface area contributed by atoms with Gasteiger partial charge < -0.3 is 5.32 Å². The normalized spacial score (nSPS) is 11.1. The molecule has 0 radical (unpaired) electrons. The van der Waals surface area contributed by atoms with E-state index < -0.39 is 0 Å². The fourth-order valence-corrected chi connectivity index (χ4v) is 3.73. The molecule has 0 spiro atoms. The third-order valence-corrected chi connectivity index (χ3v) is 5.42. The van der Waals surface area contributed by atoms with Crippen LogP contribution in [0, 0.1) is 6.92 Å². The molecule has 28 heavy (non-hydrogen) atoms. The molecule has 7 heteroatoms. The van der Waals surface area contributed by atoms with Gasteiger partial charge in [-0.3, -0.25) is 4.79 Å². The van der Waals surface area contributed by atoms with E-state index in [-0.39, 0.29) is 5.91 Å². The Labute approximate surface area is 167 Å². The zero-order chi connectivity index (χ0) is 19.5. The van der Waals surface area contributed by atoms with Gasteiger partial charge in [0.2, 0.25) is 0 Å². The predicted octanol–water partition coefficient (Wildman–Crippen LogP) is 3.86. The Balaban J connectivity index is 1.35. The molecule has 0 saturated heterocycles. The van der Waals surface area contributed by atoms with Gasteiger partial charge in [0.05, 0.1) is 16.2 Å². The molecule has 0 atom stereocenters. The summed E-state index contributed by atoms with van der Waals surface area (Å²) in [5, 5.41) is 14.3. The maximum Gasteiger partial charge on any atom is 0.251 e. The van der Waals surface area contributed by atoms with Crippen LogP contribution >= 0.6 is 11.3 Å². The largest absolute Gasteiger partial charge is 0.352 e. The molecule has 4 rings (SSSR count). The highest BCUT2D eigenvalue weighted by atomic mass is 32.1. The number of benzene rings is 2.